The van der Waals surface area contributed by atoms with Crippen LogP contribution in [0.5, 0.6) is 0 Å². The first-order chi connectivity index (χ1) is 8.41. The molecule has 0 saturated heterocycles. The van der Waals surface area contributed by atoms with Crippen LogP contribution in [0.4, 0.5) is 0 Å². The maximum Gasteiger partial charge on any atom is 0.164 e. The molecular formula is C16H25NO. The molecule has 100 valence electrons. The Morgan fingerprint density at radius 1 is 1.06 bits per heavy atom. The van der Waals surface area contributed by atoms with Crippen molar-refractivity contribution in [3.05, 3.63) is 35.4 Å². The first kappa shape index (κ1) is 14.9. The molecule has 0 fully saturated rings. The van der Waals surface area contributed by atoms with Crippen LogP contribution in [-0.2, 0) is 0 Å². The van der Waals surface area contributed by atoms with Crippen LogP contribution in [0.3, 0.4) is 0 Å². The Morgan fingerprint density at radius 2 is 1.56 bits per heavy atom. The number of nitrogens with zero attached hydrogens (tertiary/aromatic N) is 1. The molecule has 0 aromatic heterocycles. The molecule has 0 aliphatic carbocycles. The second-order valence-corrected chi connectivity index (χ2v) is 5.46. The lowest BCUT2D eigenvalue weighted by molar-refractivity contribution is 0.0940. The molecule has 0 spiro atoms. The summed E-state index contributed by atoms with van der Waals surface area (Å²) in [7, 11) is 0. The quantitative estimate of drug-likeness (QED) is 0.715. The van der Waals surface area contributed by atoms with Crippen LogP contribution in [-0.4, -0.2) is 29.3 Å². The van der Waals surface area contributed by atoms with Gasteiger partial charge in [0.1, 0.15) is 0 Å². The third-order valence-corrected chi connectivity index (χ3v) is 3.30. The Kier molecular flexibility index (Phi) is 5.54. The minimum atomic E-state index is 0.237. The molecular weight excluding hydrogens is 222 g/mol. The summed E-state index contributed by atoms with van der Waals surface area (Å²) in [6.45, 7) is 11.6. The molecule has 0 saturated carbocycles. The van der Waals surface area contributed by atoms with Crippen molar-refractivity contribution in [3.63, 3.8) is 0 Å². The third-order valence-electron chi connectivity index (χ3n) is 3.30. The van der Waals surface area contributed by atoms with Gasteiger partial charge in [-0.2, -0.15) is 0 Å². The van der Waals surface area contributed by atoms with Gasteiger partial charge in [0.25, 0.3) is 0 Å². The van der Waals surface area contributed by atoms with Crippen molar-refractivity contribution >= 4 is 5.78 Å². The lowest BCUT2D eigenvalue weighted by Crippen LogP contribution is -2.38. The van der Waals surface area contributed by atoms with Gasteiger partial charge in [0, 0.05) is 30.6 Å². The van der Waals surface area contributed by atoms with E-state index in [1.54, 1.807) is 0 Å². The molecule has 1 aromatic carbocycles. The van der Waals surface area contributed by atoms with Crippen molar-refractivity contribution in [3.8, 4) is 0 Å². The Bertz CT molecular complexity index is 371. The van der Waals surface area contributed by atoms with E-state index < -0.39 is 0 Å². The fourth-order valence-corrected chi connectivity index (χ4v) is 2.23. The van der Waals surface area contributed by atoms with Crippen LogP contribution in [0.1, 0.15) is 50.0 Å². The number of hydrogen-bond acceptors (Lipinski definition) is 2. The highest BCUT2D eigenvalue weighted by molar-refractivity contribution is 5.96. The van der Waals surface area contributed by atoms with Gasteiger partial charge in [-0.25, -0.2) is 0 Å². The first-order valence-electron chi connectivity index (χ1n) is 6.77. The van der Waals surface area contributed by atoms with Crippen molar-refractivity contribution in [2.75, 3.05) is 6.54 Å². The van der Waals surface area contributed by atoms with Gasteiger partial charge >= 0.3 is 0 Å². The molecule has 1 rings (SSSR count). The number of ketones is 1. The van der Waals surface area contributed by atoms with E-state index in [2.05, 4.69) is 32.6 Å². The van der Waals surface area contributed by atoms with Gasteiger partial charge in [0.2, 0.25) is 0 Å². The van der Waals surface area contributed by atoms with Crippen molar-refractivity contribution in [1.82, 2.24) is 4.90 Å². The summed E-state index contributed by atoms with van der Waals surface area (Å²) in [6.07, 6.45) is 0.597. The highest BCUT2D eigenvalue weighted by Gasteiger charge is 2.15. The molecule has 0 aliphatic heterocycles. The van der Waals surface area contributed by atoms with Crippen LogP contribution in [0.2, 0.25) is 0 Å². The lowest BCUT2D eigenvalue weighted by Gasteiger charge is -2.30. The zero-order valence-electron chi connectivity index (χ0n) is 12.2. The van der Waals surface area contributed by atoms with Gasteiger partial charge in [-0.1, -0.05) is 29.8 Å². The van der Waals surface area contributed by atoms with Crippen molar-refractivity contribution in [1.29, 1.82) is 0 Å². The van der Waals surface area contributed by atoms with Crippen molar-refractivity contribution in [2.45, 2.75) is 53.1 Å². The Labute approximate surface area is 111 Å². The maximum atomic E-state index is 12.1. The third kappa shape index (κ3) is 4.26. The van der Waals surface area contributed by atoms with E-state index in [1.165, 1.54) is 5.56 Å². The predicted octanol–water partition coefficient (Wildman–Crippen LogP) is 3.69. The van der Waals surface area contributed by atoms with E-state index in [0.717, 1.165) is 12.1 Å². The second-order valence-electron chi connectivity index (χ2n) is 5.46. The molecule has 0 atom stereocenters. The van der Waals surface area contributed by atoms with E-state index in [-0.39, 0.29) is 5.78 Å². The monoisotopic (exact) mass is 247 g/mol. The van der Waals surface area contributed by atoms with Crippen LogP contribution < -0.4 is 0 Å². The van der Waals surface area contributed by atoms with E-state index in [0.29, 0.717) is 18.5 Å². The molecule has 18 heavy (non-hydrogen) atoms. The normalized spacial score (nSPS) is 11.6. The lowest BCUT2D eigenvalue weighted by atomic mass is 10.1. The molecule has 2 nitrogen and oxygen atoms in total. The summed E-state index contributed by atoms with van der Waals surface area (Å²) in [6, 6.07) is 8.80. The number of Topliss-reactive ketones (excluding diaryl/α,β-unsaturated/α-hetero) is 1. The molecule has 0 amide bonds. The van der Waals surface area contributed by atoms with Crippen molar-refractivity contribution in [2.24, 2.45) is 0 Å². The van der Waals surface area contributed by atoms with Gasteiger partial charge < -0.3 is 0 Å². The number of rotatable bonds is 6. The Hall–Kier alpha value is -1.15. The number of hydrogen-bond donors (Lipinski definition) is 0. The fourth-order valence-electron chi connectivity index (χ4n) is 2.23. The van der Waals surface area contributed by atoms with Crippen LogP contribution in [0.15, 0.2) is 24.3 Å². The molecule has 0 radical (unpaired) electrons. The maximum absolute atomic E-state index is 12.1. The summed E-state index contributed by atoms with van der Waals surface area (Å²) in [4.78, 5) is 14.4. The van der Waals surface area contributed by atoms with Gasteiger partial charge in [-0.05, 0) is 34.6 Å². The van der Waals surface area contributed by atoms with Gasteiger partial charge in [-0.3, -0.25) is 9.69 Å². The summed E-state index contributed by atoms with van der Waals surface area (Å²) in [5, 5.41) is 0. The van der Waals surface area contributed by atoms with E-state index in [9.17, 15) is 4.79 Å². The Morgan fingerprint density at radius 3 is 2.00 bits per heavy atom. The molecule has 1 aromatic rings. The summed E-state index contributed by atoms with van der Waals surface area (Å²) >= 11 is 0. The number of aryl methyl sites for hydroxylation is 1. The molecule has 0 N–H and O–H groups in total. The SMILES string of the molecule is Cc1ccc(C(=O)CCN(C(C)C)C(C)C)cc1. The molecule has 0 unspecified atom stereocenters. The smallest absolute Gasteiger partial charge is 0.164 e. The van der Waals surface area contributed by atoms with E-state index in [1.807, 2.05) is 31.2 Å². The summed E-state index contributed by atoms with van der Waals surface area (Å²) in [5.41, 5.74) is 2.02. The van der Waals surface area contributed by atoms with Crippen LogP contribution >= 0.6 is 0 Å². The highest BCUT2D eigenvalue weighted by atomic mass is 16.1. The highest BCUT2D eigenvalue weighted by Crippen LogP contribution is 2.10. The van der Waals surface area contributed by atoms with Gasteiger partial charge in [-0.15, -0.1) is 0 Å². The molecule has 0 bridgehead atoms. The van der Waals surface area contributed by atoms with Gasteiger partial charge in [0.05, 0.1) is 0 Å². The molecule has 0 aliphatic rings. The number of benzene rings is 1. The minimum absolute atomic E-state index is 0.237. The standard InChI is InChI=1S/C16H25NO/c1-12(2)17(13(3)4)11-10-16(18)15-8-6-14(5)7-9-15/h6-9,12-13H,10-11H2,1-5H3. The topological polar surface area (TPSA) is 20.3 Å². The largest absolute Gasteiger partial charge is 0.298 e. The summed E-state index contributed by atoms with van der Waals surface area (Å²) < 4.78 is 0. The zero-order valence-corrected chi connectivity index (χ0v) is 12.2. The zero-order chi connectivity index (χ0) is 13.7. The molecule has 2 heteroatoms. The van der Waals surface area contributed by atoms with Gasteiger partial charge in [0.15, 0.2) is 5.78 Å². The average Bonchev–Trinajstić information content (AvgIpc) is 2.28. The fraction of sp³-hybridized carbons (Fsp3) is 0.562. The number of carbonyl (C=O) groups is 1. The Balaban J connectivity index is 2.57. The van der Waals surface area contributed by atoms with Crippen molar-refractivity contribution < 1.29 is 4.79 Å². The molecule has 0 heterocycles. The summed E-state index contributed by atoms with van der Waals surface area (Å²) in [5.74, 6) is 0.237. The van der Waals surface area contributed by atoms with Crippen LogP contribution in [0.25, 0.3) is 0 Å². The number of carbonyl (C=O) groups excluding carboxylic acids is 1. The predicted molar refractivity (Wildman–Crippen MR) is 77.1 cm³/mol. The average molecular weight is 247 g/mol. The second kappa shape index (κ2) is 6.69. The van der Waals surface area contributed by atoms with E-state index in [4.69, 9.17) is 0 Å². The first-order valence-corrected chi connectivity index (χ1v) is 6.77. The minimum Gasteiger partial charge on any atom is -0.298 e. The van der Waals surface area contributed by atoms with Crippen LogP contribution in [0, 0.1) is 6.92 Å². The van der Waals surface area contributed by atoms with E-state index >= 15 is 0 Å².